The number of nitrogens with two attached hydrogens (primary N) is 1. The van der Waals surface area contributed by atoms with Gasteiger partial charge in [0, 0.05) is 5.56 Å². The molecule has 1 aromatic rings. The van der Waals surface area contributed by atoms with E-state index in [1.54, 1.807) is 0 Å². The van der Waals surface area contributed by atoms with Crippen molar-refractivity contribution in [1.29, 1.82) is 0 Å². The minimum atomic E-state index is -4.56. The molecule has 0 spiro atoms. The lowest BCUT2D eigenvalue weighted by Gasteiger charge is -2.11. The first-order valence-corrected chi connectivity index (χ1v) is 4.49. The number of hydrazone groups is 1. The maximum atomic E-state index is 12.5. The van der Waals surface area contributed by atoms with Crippen LogP contribution in [-0.2, 0) is 6.18 Å². The van der Waals surface area contributed by atoms with Crippen LogP contribution in [0, 0.1) is 0 Å². The molecule has 0 aliphatic carbocycles. The monoisotopic (exact) mass is 282 g/mol. The standard InChI is InChI=1S/C8H6BrF3N2O/c9-6-2-1-5(8(10,11)12)4(3-14-13)7(6)15/h1-3,15H,13H2. The van der Waals surface area contributed by atoms with Crippen molar-refractivity contribution in [2.45, 2.75) is 6.18 Å². The van der Waals surface area contributed by atoms with Crippen LogP contribution in [0.4, 0.5) is 13.2 Å². The summed E-state index contributed by atoms with van der Waals surface area (Å²) in [4.78, 5) is 0. The summed E-state index contributed by atoms with van der Waals surface area (Å²) >= 11 is 2.90. The van der Waals surface area contributed by atoms with Gasteiger partial charge in [0.2, 0.25) is 0 Å². The molecule has 1 rings (SSSR count). The molecule has 0 aliphatic heterocycles. The van der Waals surface area contributed by atoms with Gasteiger partial charge in [-0.25, -0.2) is 0 Å². The zero-order chi connectivity index (χ0) is 11.6. The number of phenolic OH excluding ortho intramolecular Hbond substituents is 1. The number of aromatic hydroxyl groups is 1. The minimum Gasteiger partial charge on any atom is -0.506 e. The molecule has 0 unspecified atom stereocenters. The molecule has 0 aromatic heterocycles. The van der Waals surface area contributed by atoms with E-state index in [9.17, 15) is 18.3 Å². The number of alkyl halides is 3. The van der Waals surface area contributed by atoms with Crippen LogP contribution in [0.1, 0.15) is 11.1 Å². The summed E-state index contributed by atoms with van der Waals surface area (Å²) in [5.41, 5.74) is -1.45. The van der Waals surface area contributed by atoms with E-state index in [0.29, 0.717) is 0 Å². The molecule has 0 amide bonds. The summed E-state index contributed by atoms with van der Waals surface area (Å²) in [5, 5.41) is 12.4. The largest absolute Gasteiger partial charge is 0.506 e. The SMILES string of the molecule is NN=Cc1c(C(F)(F)F)ccc(Br)c1O. The third-order valence-electron chi connectivity index (χ3n) is 1.68. The molecule has 82 valence electrons. The third-order valence-corrected chi connectivity index (χ3v) is 2.32. The lowest BCUT2D eigenvalue weighted by molar-refractivity contribution is -0.137. The Morgan fingerprint density at radius 1 is 1.40 bits per heavy atom. The number of hydrogen-bond acceptors (Lipinski definition) is 3. The number of benzene rings is 1. The van der Waals surface area contributed by atoms with Crippen LogP contribution in [0.2, 0.25) is 0 Å². The molecule has 7 heteroatoms. The van der Waals surface area contributed by atoms with E-state index in [4.69, 9.17) is 5.84 Å². The van der Waals surface area contributed by atoms with Gasteiger partial charge in [-0.2, -0.15) is 18.3 Å². The molecule has 15 heavy (non-hydrogen) atoms. The van der Waals surface area contributed by atoms with Crippen molar-refractivity contribution >= 4 is 22.1 Å². The number of halogens is 4. The Bertz CT molecular complexity index is 404. The molecule has 0 saturated heterocycles. The molecule has 0 bridgehead atoms. The quantitative estimate of drug-likeness (QED) is 0.472. The number of hydrogen-bond donors (Lipinski definition) is 2. The molecule has 0 radical (unpaired) electrons. The van der Waals surface area contributed by atoms with E-state index < -0.39 is 23.1 Å². The average Bonchev–Trinajstić information content (AvgIpc) is 2.11. The minimum absolute atomic E-state index is 0.144. The summed E-state index contributed by atoms with van der Waals surface area (Å²) in [6, 6.07) is 1.94. The predicted molar refractivity (Wildman–Crippen MR) is 52.6 cm³/mol. The van der Waals surface area contributed by atoms with Gasteiger partial charge in [0.1, 0.15) is 5.75 Å². The lowest BCUT2D eigenvalue weighted by Crippen LogP contribution is -2.09. The van der Waals surface area contributed by atoms with E-state index >= 15 is 0 Å². The Morgan fingerprint density at radius 2 is 2.00 bits per heavy atom. The first kappa shape index (κ1) is 11.8. The fourth-order valence-electron chi connectivity index (χ4n) is 1.03. The van der Waals surface area contributed by atoms with E-state index in [1.165, 1.54) is 0 Å². The predicted octanol–water partition coefficient (Wildman–Crippen LogP) is 2.47. The maximum absolute atomic E-state index is 12.5. The fraction of sp³-hybridized carbons (Fsp3) is 0.125. The Kier molecular flexibility index (Phi) is 3.23. The first-order valence-electron chi connectivity index (χ1n) is 3.70. The molecule has 0 saturated carbocycles. The molecule has 3 N–H and O–H groups in total. The average molecular weight is 283 g/mol. The molecule has 3 nitrogen and oxygen atoms in total. The second-order valence-electron chi connectivity index (χ2n) is 2.63. The van der Waals surface area contributed by atoms with Crippen molar-refractivity contribution in [3.63, 3.8) is 0 Å². The fourth-order valence-corrected chi connectivity index (χ4v) is 1.38. The van der Waals surface area contributed by atoms with Gasteiger partial charge < -0.3 is 10.9 Å². The van der Waals surface area contributed by atoms with Crippen LogP contribution < -0.4 is 5.84 Å². The highest BCUT2D eigenvalue weighted by atomic mass is 79.9. The summed E-state index contributed by atoms with van der Waals surface area (Å²) in [7, 11) is 0. The summed E-state index contributed by atoms with van der Waals surface area (Å²) in [6.07, 6.45) is -3.81. The van der Waals surface area contributed by atoms with Crippen LogP contribution in [0.5, 0.6) is 5.75 Å². The highest BCUT2D eigenvalue weighted by Gasteiger charge is 2.34. The van der Waals surface area contributed by atoms with Gasteiger partial charge in [-0.15, -0.1) is 0 Å². The molecule has 0 aliphatic rings. The summed E-state index contributed by atoms with van der Waals surface area (Å²) in [6.45, 7) is 0. The van der Waals surface area contributed by atoms with Gasteiger partial charge in [0.15, 0.2) is 0 Å². The number of rotatable bonds is 1. The molecular weight excluding hydrogens is 277 g/mol. The molecule has 0 atom stereocenters. The van der Waals surface area contributed by atoms with Crippen molar-refractivity contribution < 1.29 is 18.3 Å². The Labute approximate surface area is 91.5 Å². The zero-order valence-electron chi connectivity index (χ0n) is 7.22. The highest BCUT2D eigenvalue weighted by molar-refractivity contribution is 9.10. The molecule has 0 heterocycles. The van der Waals surface area contributed by atoms with Crippen LogP contribution >= 0.6 is 15.9 Å². The smallest absolute Gasteiger partial charge is 0.417 e. The van der Waals surface area contributed by atoms with Crippen LogP contribution in [-0.4, -0.2) is 11.3 Å². The van der Waals surface area contributed by atoms with E-state index in [-0.39, 0.29) is 4.47 Å². The van der Waals surface area contributed by atoms with Gasteiger partial charge in [0.25, 0.3) is 0 Å². The Hall–Kier alpha value is -1.24. The first-order chi connectivity index (χ1) is 6.88. The van der Waals surface area contributed by atoms with Crippen LogP contribution in [0.25, 0.3) is 0 Å². The third kappa shape index (κ3) is 2.41. The topological polar surface area (TPSA) is 58.6 Å². The second kappa shape index (κ2) is 4.09. The number of phenols is 1. The summed E-state index contributed by atoms with van der Waals surface area (Å²) in [5.74, 6) is 4.22. The maximum Gasteiger partial charge on any atom is 0.417 e. The van der Waals surface area contributed by atoms with Crippen molar-refractivity contribution in [2.75, 3.05) is 0 Å². The van der Waals surface area contributed by atoms with Gasteiger partial charge in [-0.3, -0.25) is 0 Å². The van der Waals surface area contributed by atoms with Gasteiger partial charge in [-0.1, -0.05) is 0 Å². The van der Waals surface area contributed by atoms with Gasteiger partial charge in [-0.05, 0) is 28.1 Å². The number of nitrogens with zero attached hydrogens (tertiary/aromatic N) is 1. The van der Waals surface area contributed by atoms with Crippen LogP contribution in [0.3, 0.4) is 0 Å². The van der Waals surface area contributed by atoms with Crippen molar-refractivity contribution in [3.05, 3.63) is 27.7 Å². The molecule has 1 aromatic carbocycles. The van der Waals surface area contributed by atoms with E-state index in [0.717, 1.165) is 18.3 Å². The summed E-state index contributed by atoms with van der Waals surface area (Å²) < 4.78 is 37.5. The van der Waals surface area contributed by atoms with Crippen molar-refractivity contribution in [3.8, 4) is 5.75 Å². The van der Waals surface area contributed by atoms with Crippen molar-refractivity contribution in [1.82, 2.24) is 0 Å². The second-order valence-corrected chi connectivity index (χ2v) is 3.49. The Morgan fingerprint density at radius 3 is 2.47 bits per heavy atom. The lowest BCUT2D eigenvalue weighted by atomic mass is 10.1. The van der Waals surface area contributed by atoms with E-state index in [2.05, 4.69) is 21.0 Å². The van der Waals surface area contributed by atoms with Crippen molar-refractivity contribution in [2.24, 2.45) is 10.9 Å². The van der Waals surface area contributed by atoms with Gasteiger partial charge >= 0.3 is 6.18 Å². The molecule has 0 fully saturated rings. The van der Waals surface area contributed by atoms with E-state index in [1.807, 2.05) is 0 Å². The highest BCUT2D eigenvalue weighted by Crippen LogP contribution is 2.38. The normalized spacial score (nSPS) is 12.3. The van der Waals surface area contributed by atoms with Crippen LogP contribution in [0.15, 0.2) is 21.7 Å². The zero-order valence-corrected chi connectivity index (χ0v) is 8.80. The van der Waals surface area contributed by atoms with Gasteiger partial charge in [0.05, 0.1) is 16.3 Å². The molecular formula is C8H6BrF3N2O. The Balaban J connectivity index is 3.47.